The summed E-state index contributed by atoms with van der Waals surface area (Å²) in [6.07, 6.45) is 3.52. The molecule has 0 aliphatic heterocycles. The fourth-order valence-electron chi connectivity index (χ4n) is 2.82. The fourth-order valence-corrected chi connectivity index (χ4v) is 2.82. The minimum absolute atomic E-state index is 0.000709. The van der Waals surface area contributed by atoms with Crippen LogP contribution in [0.15, 0.2) is 0 Å². The highest BCUT2D eigenvalue weighted by Crippen LogP contribution is 2.54. The van der Waals surface area contributed by atoms with E-state index in [0.29, 0.717) is 38.5 Å². The number of rotatable bonds is 2. The van der Waals surface area contributed by atoms with E-state index >= 15 is 0 Å². The van der Waals surface area contributed by atoms with Gasteiger partial charge in [0.25, 0.3) is 0 Å². The number of halogens is 1. The van der Waals surface area contributed by atoms with Gasteiger partial charge in [0.05, 0.1) is 12.5 Å². The summed E-state index contributed by atoms with van der Waals surface area (Å²) >= 11 is 0. The molecule has 0 heterocycles. The standard InChI is InChI=1S/C11H14FNO/c12-11-5-2-10(3-6-11,4-7-11)9(14)1-8-13/h1-7H2. The predicted molar refractivity (Wildman–Crippen MR) is 49.2 cm³/mol. The van der Waals surface area contributed by atoms with Crippen LogP contribution in [0.25, 0.3) is 0 Å². The van der Waals surface area contributed by atoms with Crippen molar-refractivity contribution in [3.05, 3.63) is 0 Å². The molecule has 3 rings (SSSR count). The van der Waals surface area contributed by atoms with Crippen LogP contribution in [0.5, 0.6) is 0 Å². The van der Waals surface area contributed by atoms with Crippen LogP contribution in [0.4, 0.5) is 4.39 Å². The number of alkyl halides is 1. The molecule has 0 atom stereocenters. The van der Waals surface area contributed by atoms with Gasteiger partial charge >= 0.3 is 0 Å². The van der Waals surface area contributed by atoms with Crippen LogP contribution in [0.2, 0.25) is 0 Å². The van der Waals surface area contributed by atoms with Crippen molar-refractivity contribution in [2.45, 2.75) is 50.6 Å². The van der Waals surface area contributed by atoms with Gasteiger partial charge < -0.3 is 0 Å². The maximum Gasteiger partial charge on any atom is 0.153 e. The summed E-state index contributed by atoms with van der Waals surface area (Å²) in [5.41, 5.74) is -1.32. The lowest BCUT2D eigenvalue weighted by molar-refractivity contribution is -0.138. The normalized spacial score (nSPS) is 40.6. The minimum atomic E-state index is -0.991. The zero-order valence-corrected chi connectivity index (χ0v) is 8.18. The first-order valence-electron chi connectivity index (χ1n) is 5.20. The van der Waals surface area contributed by atoms with E-state index in [1.165, 1.54) is 0 Å². The van der Waals surface area contributed by atoms with Gasteiger partial charge in [0.15, 0.2) is 5.78 Å². The molecule has 0 radical (unpaired) electrons. The second-order valence-electron chi connectivity index (χ2n) is 4.69. The van der Waals surface area contributed by atoms with Crippen LogP contribution in [0.1, 0.15) is 44.9 Å². The van der Waals surface area contributed by atoms with Crippen molar-refractivity contribution in [3.63, 3.8) is 0 Å². The van der Waals surface area contributed by atoms with Crippen LogP contribution in [0, 0.1) is 16.7 Å². The van der Waals surface area contributed by atoms with E-state index in [0.717, 1.165) is 0 Å². The molecule has 3 heteroatoms. The molecular formula is C11H14FNO. The zero-order chi connectivity index (χ0) is 10.2. The molecule has 3 aliphatic carbocycles. The van der Waals surface area contributed by atoms with E-state index in [9.17, 15) is 9.18 Å². The third-order valence-corrected chi connectivity index (χ3v) is 3.99. The number of hydrogen-bond donors (Lipinski definition) is 0. The predicted octanol–water partition coefficient (Wildman–Crippen LogP) is 2.53. The van der Waals surface area contributed by atoms with Gasteiger partial charge in [0.2, 0.25) is 0 Å². The van der Waals surface area contributed by atoms with E-state index in [2.05, 4.69) is 0 Å². The molecule has 0 aromatic heterocycles. The van der Waals surface area contributed by atoms with Gasteiger partial charge in [-0.3, -0.25) is 4.79 Å². The third-order valence-electron chi connectivity index (χ3n) is 3.99. The summed E-state index contributed by atoms with van der Waals surface area (Å²) in [4.78, 5) is 11.7. The van der Waals surface area contributed by atoms with Crippen molar-refractivity contribution < 1.29 is 9.18 Å². The number of carbonyl (C=O) groups excluding carboxylic acids is 1. The first-order valence-corrected chi connectivity index (χ1v) is 5.20. The van der Waals surface area contributed by atoms with E-state index < -0.39 is 5.67 Å². The molecule has 0 unspecified atom stereocenters. The van der Waals surface area contributed by atoms with E-state index in [1.807, 2.05) is 6.07 Å². The molecule has 14 heavy (non-hydrogen) atoms. The Morgan fingerprint density at radius 2 is 1.71 bits per heavy atom. The van der Waals surface area contributed by atoms with E-state index in [-0.39, 0.29) is 17.6 Å². The average molecular weight is 195 g/mol. The van der Waals surface area contributed by atoms with Crippen LogP contribution in [0.3, 0.4) is 0 Å². The summed E-state index contributed by atoms with van der Waals surface area (Å²) in [6.45, 7) is 0. The summed E-state index contributed by atoms with van der Waals surface area (Å²) in [7, 11) is 0. The van der Waals surface area contributed by atoms with Crippen LogP contribution >= 0.6 is 0 Å². The molecule has 3 fully saturated rings. The largest absolute Gasteiger partial charge is 0.298 e. The minimum Gasteiger partial charge on any atom is -0.298 e. The van der Waals surface area contributed by atoms with Crippen molar-refractivity contribution in [1.29, 1.82) is 5.26 Å². The van der Waals surface area contributed by atoms with Gasteiger partial charge in [-0.25, -0.2) is 4.39 Å². The fraction of sp³-hybridized carbons (Fsp3) is 0.818. The summed E-state index contributed by atoms with van der Waals surface area (Å²) in [5.74, 6) is 0.0433. The monoisotopic (exact) mass is 195 g/mol. The highest BCUT2D eigenvalue weighted by Gasteiger charge is 2.52. The Labute approximate surface area is 83.1 Å². The Morgan fingerprint density at radius 1 is 1.21 bits per heavy atom. The van der Waals surface area contributed by atoms with Crippen LogP contribution in [-0.4, -0.2) is 11.5 Å². The Morgan fingerprint density at radius 3 is 2.14 bits per heavy atom. The lowest BCUT2D eigenvalue weighted by atomic mass is 9.57. The van der Waals surface area contributed by atoms with Crippen molar-refractivity contribution in [1.82, 2.24) is 0 Å². The van der Waals surface area contributed by atoms with Crippen LogP contribution in [-0.2, 0) is 4.79 Å². The summed E-state index contributed by atoms with van der Waals surface area (Å²) in [5, 5.41) is 8.50. The lowest BCUT2D eigenvalue weighted by Crippen LogP contribution is -2.47. The first-order chi connectivity index (χ1) is 6.60. The zero-order valence-electron chi connectivity index (χ0n) is 8.18. The highest BCUT2D eigenvalue weighted by molar-refractivity contribution is 5.86. The molecular weight excluding hydrogens is 181 g/mol. The van der Waals surface area contributed by atoms with Gasteiger partial charge in [0, 0.05) is 5.41 Å². The van der Waals surface area contributed by atoms with Gasteiger partial charge in [-0.05, 0) is 38.5 Å². The molecule has 0 aromatic carbocycles. The van der Waals surface area contributed by atoms with E-state index in [1.54, 1.807) is 0 Å². The Balaban J connectivity index is 2.13. The second kappa shape index (κ2) is 3.05. The lowest BCUT2D eigenvalue weighted by Gasteiger charge is -2.48. The number of carbonyl (C=O) groups is 1. The summed E-state index contributed by atoms with van der Waals surface area (Å²) in [6, 6.07) is 1.91. The SMILES string of the molecule is N#CCC(=O)C12CCC(F)(CC1)CC2. The number of nitriles is 1. The molecule has 2 nitrogen and oxygen atoms in total. The number of fused-ring (bicyclic) bond motifs is 3. The Kier molecular flexibility index (Phi) is 2.10. The second-order valence-corrected chi connectivity index (χ2v) is 4.69. The van der Waals surface area contributed by atoms with Gasteiger partial charge in [0.1, 0.15) is 5.67 Å². The number of hydrogen-bond acceptors (Lipinski definition) is 2. The van der Waals surface area contributed by atoms with Gasteiger partial charge in [-0.1, -0.05) is 0 Å². The topological polar surface area (TPSA) is 40.9 Å². The highest BCUT2D eigenvalue weighted by atomic mass is 19.1. The smallest absolute Gasteiger partial charge is 0.153 e. The van der Waals surface area contributed by atoms with Crippen LogP contribution < -0.4 is 0 Å². The van der Waals surface area contributed by atoms with Crippen molar-refractivity contribution >= 4 is 5.78 Å². The first kappa shape index (κ1) is 9.64. The molecule has 0 saturated heterocycles. The average Bonchev–Trinajstić information content (AvgIpc) is 2.20. The molecule has 76 valence electrons. The van der Waals surface area contributed by atoms with Crippen molar-refractivity contribution in [3.8, 4) is 6.07 Å². The molecule has 3 saturated carbocycles. The number of nitrogens with zero attached hydrogens (tertiary/aromatic N) is 1. The maximum absolute atomic E-state index is 13.8. The summed E-state index contributed by atoms with van der Waals surface area (Å²) < 4.78 is 13.8. The van der Waals surface area contributed by atoms with Crippen molar-refractivity contribution in [2.75, 3.05) is 0 Å². The van der Waals surface area contributed by atoms with Gasteiger partial charge in [-0.2, -0.15) is 5.26 Å². The maximum atomic E-state index is 13.8. The van der Waals surface area contributed by atoms with Crippen molar-refractivity contribution in [2.24, 2.45) is 5.41 Å². The van der Waals surface area contributed by atoms with E-state index in [4.69, 9.17) is 5.26 Å². The third kappa shape index (κ3) is 1.33. The Hall–Kier alpha value is -0.910. The molecule has 0 aromatic rings. The molecule has 0 N–H and O–H groups in total. The molecule has 0 spiro atoms. The number of ketones is 1. The quantitative estimate of drug-likeness (QED) is 0.679. The van der Waals surface area contributed by atoms with Gasteiger partial charge in [-0.15, -0.1) is 0 Å². The number of Topliss-reactive ketones (excluding diaryl/α,β-unsaturated/α-hetero) is 1. The Bertz CT molecular complexity index is 280. The molecule has 0 amide bonds. The molecule has 2 bridgehead atoms. The molecule has 3 aliphatic rings.